The highest BCUT2D eigenvalue weighted by atomic mass is 16.6. The Hall–Kier alpha value is -4.57. The van der Waals surface area contributed by atoms with Crippen molar-refractivity contribution in [3.05, 3.63) is 88.1 Å². The molecule has 39 heavy (non-hydrogen) atoms. The lowest BCUT2D eigenvalue weighted by Crippen LogP contribution is -2.42. The van der Waals surface area contributed by atoms with Crippen LogP contribution in [0.1, 0.15) is 35.7 Å². The fraction of sp³-hybridized carbons (Fsp3) is 0.276. The quantitative estimate of drug-likeness (QED) is 0.213. The molecule has 0 saturated carbocycles. The number of carbonyl (C=O) groups is 1. The Morgan fingerprint density at radius 1 is 1.13 bits per heavy atom. The number of pyridine rings is 1. The summed E-state index contributed by atoms with van der Waals surface area (Å²) in [6.45, 7) is 3.40. The van der Waals surface area contributed by atoms with Crippen LogP contribution in [0, 0.1) is 10.1 Å². The number of carbonyl (C=O) groups excluding carboxylic acids is 1. The van der Waals surface area contributed by atoms with Gasteiger partial charge in [-0.25, -0.2) is 14.5 Å². The van der Waals surface area contributed by atoms with Gasteiger partial charge in [-0.3, -0.25) is 14.9 Å². The van der Waals surface area contributed by atoms with Crippen LogP contribution in [0.4, 0.5) is 17.2 Å². The van der Waals surface area contributed by atoms with Crippen LogP contribution in [0.2, 0.25) is 0 Å². The fourth-order valence-corrected chi connectivity index (χ4v) is 5.14. The zero-order valence-corrected chi connectivity index (χ0v) is 22.1. The van der Waals surface area contributed by atoms with Crippen molar-refractivity contribution in [1.82, 2.24) is 14.5 Å². The first kappa shape index (κ1) is 26.1. The number of piperidine rings is 1. The average Bonchev–Trinajstić information content (AvgIpc) is 3.23. The predicted molar refractivity (Wildman–Crippen MR) is 151 cm³/mol. The zero-order valence-electron chi connectivity index (χ0n) is 22.1. The Bertz CT molecular complexity index is 1550. The van der Waals surface area contributed by atoms with Gasteiger partial charge in [0.2, 0.25) is 11.8 Å². The molecule has 5 rings (SSSR count). The number of benzene rings is 2. The molecule has 10 nitrogen and oxygen atoms in total. The van der Waals surface area contributed by atoms with E-state index in [1.165, 1.54) is 19.1 Å². The number of anilines is 1. The zero-order chi connectivity index (χ0) is 27.7. The first-order valence-corrected chi connectivity index (χ1v) is 12.8. The summed E-state index contributed by atoms with van der Waals surface area (Å²) in [6, 6.07) is 17.7. The van der Waals surface area contributed by atoms with Gasteiger partial charge in [0.15, 0.2) is 0 Å². The smallest absolute Gasteiger partial charge is 0.271 e. The van der Waals surface area contributed by atoms with Crippen molar-refractivity contribution in [3.8, 4) is 5.88 Å². The monoisotopic (exact) mass is 526 g/mol. The number of nitro benzene ring substituents is 1. The third kappa shape index (κ3) is 5.10. The van der Waals surface area contributed by atoms with E-state index in [0.717, 1.165) is 36.3 Å². The molecule has 1 aliphatic heterocycles. The highest BCUT2D eigenvalue weighted by Gasteiger charge is 2.26. The first-order valence-electron chi connectivity index (χ1n) is 12.8. The van der Waals surface area contributed by atoms with Gasteiger partial charge in [0.25, 0.3) is 5.69 Å². The molecule has 4 aromatic rings. The molecule has 0 bridgehead atoms. The summed E-state index contributed by atoms with van der Waals surface area (Å²) >= 11 is 0. The van der Waals surface area contributed by atoms with E-state index in [1.54, 1.807) is 12.3 Å². The lowest BCUT2D eigenvalue weighted by molar-refractivity contribution is -0.384. The van der Waals surface area contributed by atoms with E-state index in [0.29, 0.717) is 34.0 Å². The Labute approximate surface area is 226 Å². The Morgan fingerprint density at radius 2 is 1.85 bits per heavy atom. The first-order chi connectivity index (χ1) is 18.7. The Balaban J connectivity index is 1.61. The number of rotatable bonds is 6. The minimum absolute atomic E-state index is 0.180. The summed E-state index contributed by atoms with van der Waals surface area (Å²) < 4.78 is 1.08. The van der Waals surface area contributed by atoms with Crippen molar-refractivity contribution >= 4 is 39.7 Å². The SMILES string of the molecule is CC(=O)n1c(O)c(C(=Nc2ccc(N(C)C3CCN(C)CC3)nc2)c2ccccc2)c2ccc([N+](=O)[O-])cc21. The van der Waals surface area contributed by atoms with Gasteiger partial charge in [-0.05, 0) is 51.2 Å². The minimum atomic E-state index is -0.532. The second kappa shape index (κ2) is 10.7. The molecular weight excluding hydrogens is 496 g/mol. The number of non-ortho nitro benzene ring substituents is 1. The molecule has 2 aromatic heterocycles. The topological polar surface area (TPSA) is 117 Å². The number of nitro groups is 1. The highest BCUT2D eigenvalue weighted by Crippen LogP contribution is 2.36. The maximum atomic E-state index is 12.5. The molecule has 10 heteroatoms. The van der Waals surface area contributed by atoms with E-state index in [4.69, 9.17) is 4.99 Å². The van der Waals surface area contributed by atoms with E-state index in [-0.39, 0.29) is 17.1 Å². The van der Waals surface area contributed by atoms with Gasteiger partial charge in [0.05, 0.1) is 33.6 Å². The lowest BCUT2D eigenvalue weighted by Gasteiger charge is -2.35. The number of aromatic nitrogens is 2. The summed E-state index contributed by atoms with van der Waals surface area (Å²) in [5.41, 5.74) is 2.07. The van der Waals surface area contributed by atoms with Gasteiger partial charge in [-0.2, -0.15) is 0 Å². The van der Waals surface area contributed by atoms with E-state index < -0.39 is 10.8 Å². The Morgan fingerprint density at radius 3 is 2.46 bits per heavy atom. The molecule has 1 saturated heterocycles. The molecule has 1 aliphatic rings. The lowest BCUT2D eigenvalue weighted by atomic mass is 10.0. The van der Waals surface area contributed by atoms with Gasteiger partial charge < -0.3 is 14.9 Å². The van der Waals surface area contributed by atoms with Crippen LogP contribution in [-0.2, 0) is 0 Å². The molecule has 0 spiro atoms. The summed E-state index contributed by atoms with van der Waals surface area (Å²) in [4.78, 5) is 37.5. The van der Waals surface area contributed by atoms with Gasteiger partial charge in [0, 0.05) is 43.1 Å². The number of hydrogen-bond donors (Lipinski definition) is 1. The van der Waals surface area contributed by atoms with Crippen molar-refractivity contribution in [2.24, 2.45) is 4.99 Å². The average molecular weight is 527 g/mol. The molecule has 1 fully saturated rings. The van der Waals surface area contributed by atoms with Crippen LogP contribution < -0.4 is 4.90 Å². The van der Waals surface area contributed by atoms with Gasteiger partial charge >= 0.3 is 0 Å². The molecule has 3 heterocycles. The molecule has 0 radical (unpaired) electrons. The van der Waals surface area contributed by atoms with Crippen molar-refractivity contribution in [2.45, 2.75) is 25.8 Å². The van der Waals surface area contributed by atoms with E-state index in [1.807, 2.05) is 42.5 Å². The second-order valence-electron chi connectivity index (χ2n) is 9.86. The summed E-state index contributed by atoms with van der Waals surface area (Å²) in [5.74, 6) is 0.0555. The van der Waals surface area contributed by atoms with Crippen LogP contribution in [-0.4, -0.2) is 69.3 Å². The van der Waals surface area contributed by atoms with Crippen LogP contribution >= 0.6 is 0 Å². The summed E-state index contributed by atoms with van der Waals surface area (Å²) in [5, 5.41) is 23.2. The van der Waals surface area contributed by atoms with E-state index in [9.17, 15) is 20.0 Å². The van der Waals surface area contributed by atoms with E-state index >= 15 is 0 Å². The normalized spacial score (nSPS) is 15.0. The molecule has 1 N–H and O–H groups in total. The predicted octanol–water partition coefficient (Wildman–Crippen LogP) is 5.01. The Kier molecular flexibility index (Phi) is 7.12. The van der Waals surface area contributed by atoms with Gasteiger partial charge in [-0.1, -0.05) is 30.3 Å². The van der Waals surface area contributed by atoms with Crippen LogP contribution in [0.5, 0.6) is 5.88 Å². The number of hydrogen-bond acceptors (Lipinski definition) is 8. The number of fused-ring (bicyclic) bond motifs is 1. The largest absolute Gasteiger partial charge is 0.494 e. The molecule has 0 atom stereocenters. The second-order valence-corrected chi connectivity index (χ2v) is 9.86. The van der Waals surface area contributed by atoms with Crippen molar-refractivity contribution < 1.29 is 14.8 Å². The van der Waals surface area contributed by atoms with Crippen LogP contribution in [0.3, 0.4) is 0 Å². The number of aliphatic imine (C=N–C) groups is 1. The summed E-state index contributed by atoms with van der Waals surface area (Å²) in [7, 11) is 4.20. The third-order valence-electron chi connectivity index (χ3n) is 7.31. The summed E-state index contributed by atoms with van der Waals surface area (Å²) in [6.07, 6.45) is 3.84. The van der Waals surface area contributed by atoms with Crippen molar-refractivity contribution in [2.75, 3.05) is 32.1 Å². The minimum Gasteiger partial charge on any atom is -0.494 e. The number of likely N-dealkylation sites (tertiary alicyclic amines) is 1. The molecule has 2 aromatic carbocycles. The number of nitrogens with zero attached hydrogens (tertiary/aromatic N) is 6. The number of aromatic hydroxyl groups is 1. The highest BCUT2D eigenvalue weighted by molar-refractivity contribution is 6.23. The maximum absolute atomic E-state index is 12.5. The van der Waals surface area contributed by atoms with E-state index in [2.05, 4.69) is 28.9 Å². The maximum Gasteiger partial charge on any atom is 0.271 e. The third-order valence-corrected chi connectivity index (χ3v) is 7.31. The molecule has 0 aliphatic carbocycles. The van der Waals surface area contributed by atoms with Crippen LogP contribution in [0.15, 0.2) is 71.9 Å². The van der Waals surface area contributed by atoms with Crippen LogP contribution in [0.25, 0.3) is 10.9 Å². The standard InChI is InChI=1S/C29H30N6O4/c1-19(36)34-25-17-23(35(38)39)10-11-24(25)27(29(34)37)28(20-7-5-4-6-8-20)31-21-9-12-26(30-18-21)33(3)22-13-15-32(2)16-14-22/h4-12,17-18,22,37H,13-16H2,1-3H3. The molecule has 0 amide bonds. The molecule has 200 valence electrons. The van der Waals surface area contributed by atoms with Gasteiger partial charge in [0.1, 0.15) is 5.82 Å². The van der Waals surface area contributed by atoms with Crippen molar-refractivity contribution in [1.29, 1.82) is 0 Å². The molecule has 0 unspecified atom stereocenters. The van der Waals surface area contributed by atoms with Crippen molar-refractivity contribution in [3.63, 3.8) is 0 Å². The van der Waals surface area contributed by atoms with Gasteiger partial charge in [-0.15, -0.1) is 0 Å². The molecular formula is C29H30N6O4. The fourth-order valence-electron chi connectivity index (χ4n) is 5.14.